The van der Waals surface area contributed by atoms with Crippen LogP contribution in [-0.2, 0) is 24.3 Å². The molecule has 0 unspecified atom stereocenters. The Balaban J connectivity index is 1.54. The van der Waals surface area contributed by atoms with E-state index in [4.69, 9.17) is 4.98 Å². The lowest BCUT2D eigenvalue weighted by molar-refractivity contribution is -0.116. The van der Waals surface area contributed by atoms with E-state index in [9.17, 15) is 9.59 Å². The van der Waals surface area contributed by atoms with Gasteiger partial charge in [0.2, 0.25) is 5.91 Å². The van der Waals surface area contributed by atoms with Crippen LogP contribution in [0.4, 0.5) is 5.13 Å². The van der Waals surface area contributed by atoms with Crippen LogP contribution in [0.1, 0.15) is 11.3 Å². The highest BCUT2D eigenvalue weighted by Gasteiger charge is 2.28. The second-order valence-electron chi connectivity index (χ2n) is 7.93. The molecule has 6 rings (SSSR count). The maximum atomic E-state index is 13.2. The number of rotatable bonds is 3. The van der Waals surface area contributed by atoms with Crippen molar-refractivity contribution in [2.75, 3.05) is 5.32 Å². The summed E-state index contributed by atoms with van der Waals surface area (Å²) in [6.45, 7) is 2.57. The van der Waals surface area contributed by atoms with Crippen LogP contribution in [0.3, 0.4) is 0 Å². The highest BCUT2D eigenvalue weighted by molar-refractivity contribution is 7.13. The Bertz CT molecular complexity index is 1590. The molecule has 0 atom stereocenters. The topological polar surface area (TPSA) is 81.8 Å². The summed E-state index contributed by atoms with van der Waals surface area (Å²) in [4.78, 5) is 35.4. The Kier molecular flexibility index (Phi) is 4.22. The van der Waals surface area contributed by atoms with Gasteiger partial charge in [0.05, 0.1) is 22.3 Å². The smallest absolute Gasteiger partial charge is 0.261 e. The molecular weight excluding hydrogens is 422 g/mol. The van der Waals surface area contributed by atoms with Crippen LogP contribution in [0.5, 0.6) is 0 Å². The number of aromatic nitrogens is 4. The van der Waals surface area contributed by atoms with E-state index in [1.165, 1.54) is 11.3 Å². The van der Waals surface area contributed by atoms with Crippen LogP contribution in [0.2, 0.25) is 0 Å². The molecule has 1 aliphatic heterocycles. The molecule has 2 aromatic carbocycles. The third kappa shape index (κ3) is 2.87. The molecule has 0 bridgehead atoms. The van der Waals surface area contributed by atoms with Crippen molar-refractivity contribution in [3.63, 3.8) is 0 Å². The van der Waals surface area contributed by atoms with Crippen molar-refractivity contribution >= 4 is 44.2 Å². The highest BCUT2D eigenvalue weighted by atomic mass is 32.1. The SMILES string of the molecule is Cc1csc(NC(=O)Cn2c3c(c4ccccc42)CCn2c-3nc3ccccc3c2=O)n1. The number of carbonyl (C=O) groups excluding carboxylic acids is 1. The van der Waals surface area contributed by atoms with Crippen LogP contribution in [0, 0.1) is 6.92 Å². The second-order valence-corrected chi connectivity index (χ2v) is 8.79. The number of para-hydroxylation sites is 2. The fourth-order valence-electron chi connectivity index (χ4n) is 4.54. The maximum absolute atomic E-state index is 13.2. The average molecular weight is 442 g/mol. The van der Waals surface area contributed by atoms with Crippen molar-refractivity contribution in [3.8, 4) is 11.5 Å². The van der Waals surface area contributed by atoms with E-state index in [1.54, 1.807) is 4.57 Å². The van der Waals surface area contributed by atoms with E-state index in [1.807, 2.05) is 59.3 Å². The molecule has 7 nitrogen and oxygen atoms in total. The van der Waals surface area contributed by atoms with E-state index < -0.39 is 0 Å². The molecule has 3 aromatic heterocycles. The minimum Gasteiger partial charge on any atom is -0.328 e. The number of aryl methyl sites for hydroxylation is 2. The number of hydrogen-bond donors (Lipinski definition) is 1. The Morgan fingerprint density at radius 3 is 2.69 bits per heavy atom. The van der Waals surface area contributed by atoms with E-state index in [2.05, 4.69) is 16.4 Å². The number of benzene rings is 2. The third-order valence-electron chi connectivity index (χ3n) is 5.90. The predicted molar refractivity (Wildman–Crippen MR) is 126 cm³/mol. The number of amides is 1. The first kappa shape index (κ1) is 18.9. The molecule has 1 aliphatic rings. The zero-order valence-electron chi connectivity index (χ0n) is 17.3. The zero-order valence-corrected chi connectivity index (χ0v) is 18.1. The second kappa shape index (κ2) is 7.13. The Morgan fingerprint density at radius 1 is 1.09 bits per heavy atom. The fraction of sp³-hybridized carbons (Fsp3) is 0.167. The average Bonchev–Trinajstić information content (AvgIpc) is 3.35. The van der Waals surface area contributed by atoms with Crippen molar-refractivity contribution in [2.45, 2.75) is 26.4 Å². The van der Waals surface area contributed by atoms with Crippen LogP contribution in [-0.4, -0.2) is 25.0 Å². The first-order valence-corrected chi connectivity index (χ1v) is 11.3. The van der Waals surface area contributed by atoms with E-state index in [0.717, 1.165) is 27.9 Å². The van der Waals surface area contributed by atoms with Gasteiger partial charge in [-0.05, 0) is 37.1 Å². The molecule has 0 aliphatic carbocycles. The number of hydrogen-bond acceptors (Lipinski definition) is 5. The van der Waals surface area contributed by atoms with Gasteiger partial charge in [0.25, 0.3) is 5.56 Å². The van der Waals surface area contributed by atoms with E-state index in [-0.39, 0.29) is 18.0 Å². The molecule has 5 aromatic rings. The summed E-state index contributed by atoms with van der Waals surface area (Å²) < 4.78 is 3.72. The molecule has 158 valence electrons. The van der Waals surface area contributed by atoms with Gasteiger partial charge in [-0.2, -0.15) is 0 Å². The summed E-state index contributed by atoms with van der Waals surface area (Å²) in [5.74, 6) is 0.451. The lowest BCUT2D eigenvalue weighted by Crippen LogP contribution is -2.29. The summed E-state index contributed by atoms with van der Waals surface area (Å²) >= 11 is 1.40. The molecule has 0 saturated heterocycles. The number of anilines is 1. The van der Waals surface area contributed by atoms with Gasteiger partial charge in [-0.15, -0.1) is 11.3 Å². The van der Waals surface area contributed by atoms with Crippen molar-refractivity contribution in [3.05, 3.63) is 75.5 Å². The quantitative estimate of drug-likeness (QED) is 0.459. The summed E-state index contributed by atoms with van der Waals surface area (Å²) in [5.41, 5.74) is 4.41. The number of nitrogens with one attached hydrogen (secondary N) is 1. The summed E-state index contributed by atoms with van der Waals surface area (Å²) in [7, 11) is 0. The zero-order chi connectivity index (χ0) is 21.8. The van der Waals surface area contributed by atoms with Crippen molar-refractivity contribution in [2.24, 2.45) is 0 Å². The van der Waals surface area contributed by atoms with Crippen LogP contribution in [0.25, 0.3) is 33.3 Å². The van der Waals surface area contributed by atoms with Gasteiger partial charge in [0, 0.05) is 22.8 Å². The standard InChI is InChI=1S/C24H19N5O2S/c1-14-13-32-24(25-14)27-20(30)12-29-19-9-5-3-6-15(19)16-10-11-28-22(21(16)29)26-18-8-4-2-7-17(18)23(28)31/h2-9,13H,10-12H2,1H3,(H,25,27,30). The van der Waals surface area contributed by atoms with E-state index in [0.29, 0.717) is 34.8 Å². The largest absolute Gasteiger partial charge is 0.328 e. The van der Waals surface area contributed by atoms with Crippen molar-refractivity contribution in [1.29, 1.82) is 0 Å². The predicted octanol–water partition coefficient (Wildman–Crippen LogP) is 3.98. The van der Waals surface area contributed by atoms with Gasteiger partial charge in [-0.25, -0.2) is 9.97 Å². The van der Waals surface area contributed by atoms with Gasteiger partial charge in [0.15, 0.2) is 11.0 Å². The number of thiazole rings is 1. The summed E-state index contributed by atoms with van der Waals surface area (Å²) in [6.07, 6.45) is 0.711. The molecule has 0 radical (unpaired) electrons. The number of fused-ring (bicyclic) bond motifs is 6. The monoisotopic (exact) mass is 441 g/mol. The van der Waals surface area contributed by atoms with Gasteiger partial charge in [-0.1, -0.05) is 30.3 Å². The molecule has 1 N–H and O–H groups in total. The molecule has 4 heterocycles. The normalized spacial score (nSPS) is 12.7. The molecule has 0 saturated carbocycles. The van der Waals surface area contributed by atoms with Gasteiger partial charge < -0.3 is 9.88 Å². The van der Waals surface area contributed by atoms with Crippen LogP contribution >= 0.6 is 11.3 Å². The van der Waals surface area contributed by atoms with Crippen molar-refractivity contribution < 1.29 is 4.79 Å². The third-order valence-corrected chi connectivity index (χ3v) is 6.78. The number of nitrogens with zero attached hydrogens (tertiary/aromatic N) is 4. The molecule has 0 spiro atoms. The summed E-state index contributed by atoms with van der Waals surface area (Å²) in [6, 6.07) is 15.5. The van der Waals surface area contributed by atoms with Crippen molar-refractivity contribution in [1.82, 2.24) is 19.1 Å². The lowest BCUT2D eigenvalue weighted by Gasteiger charge is -2.21. The first-order valence-electron chi connectivity index (χ1n) is 10.4. The first-order chi connectivity index (χ1) is 15.6. The Labute approximate surface area is 187 Å². The molecule has 8 heteroatoms. The number of carbonyl (C=O) groups is 1. The Hall–Kier alpha value is -3.78. The lowest BCUT2D eigenvalue weighted by atomic mass is 10.0. The molecule has 0 fully saturated rings. The summed E-state index contributed by atoms with van der Waals surface area (Å²) in [5, 5.41) is 7.08. The fourth-order valence-corrected chi connectivity index (χ4v) is 5.25. The van der Waals surface area contributed by atoms with Gasteiger partial charge >= 0.3 is 0 Å². The molecule has 32 heavy (non-hydrogen) atoms. The minimum atomic E-state index is -0.164. The Morgan fingerprint density at radius 2 is 1.88 bits per heavy atom. The molecular formula is C24H19N5O2S. The van der Waals surface area contributed by atoms with Gasteiger partial charge in [-0.3, -0.25) is 14.2 Å². The van der Waals surface area contributed by atoms with Gasteiger partial charge in [0.1, 0.15) is 6.54 Å². The van der Waals surface area contributed by atoms with Crippen LogP contribution < -0.4 is 10.9 Å². The molecule has 1 amide bonds. The highest BCUT2D eigenvalue weighted by Crippen LogP contribution is 2.36. The van der Waals surface area contributed by atoms with Crippen LogP contribution in [0.15, 0.2) is 58.7 Å². The maximum Gasteiger partial charge on any atom is 0.261 e. The van der Waals surface area contributed by atoms with E-state index >= 15 is 0 Å². The minimum absolute atomic E-state index is 0.0456.